The summed E-state index contributed by atoms with van der Waals surface area (Å²) in [4.78, 5) is 0. The Labute approximate surface area is 432 Å². The van der Waals surface area contributed by atoms with Gasteiger partial charge in [-0.1, -0.05) is 244 Å². The van der Waals surface area contributed by atoms with Gasteiger partial charge in [-0.05, 0) is 153 Å². The molecule has 1 nitrogen and oxygen atoms in total. The van der Waals surface area contributed by atoms with Crippen molar-refractivity contribution in [3.63, 3.8) is 0 Å². The lowest BCUT2D eigenvalue weighted by atomic mass is 9.81. The smallest absolute Gasteiger partial charge is 0.0541 e. The Balaban J connectivity index is 0.846. The van der Waals surface area contributed by atoms with Gasteiger partial charge in [-0.2, -0.15) is 0 Å². The molecule has 12 aromatic carbocycles. The van der Waals surface area contributed by atoms with Crippen LogP contribution in [0.5, 0.6) is 0 Å². The minimum absolute atomic E-state index is 0.202. The van der Waals surface area contributed by atoms with Crippen LogP contribution in [-0.4, -0.2) is 4.57 Å². The number of fused-ring (bicyclic) bond motifs is 7. The number of rotatable bonds is 8. The first-order chi connectivity index (χ1) is 36.4. The van der Waals surface area contributed by atoms with E-state index in [1.54, 1.807) is 0 Å². The van der Waals surface area contributed by atoms with E-state index in [9.17, 15) is 0 Å². The van der Waals surface area contributed by atoms with E-state index >= 15 is 0 Å². The van der Waals surface area contributed by atoms with Crippen molar-refractivity contribution in [2.45, 2.75) is 19.3 Å². The van der Waals surface area contributed by atoms with Gasteiger partial charge in [0, 0.05) is 21.9 Å². The molecule has 0 amide bonds. The highest BCUT2D eigenvalue weighted by molar-refractivity contribution is 6.12. The minimum Gasteiger partial charge on any atom is -0.309 e. The van der Waals surface area contributed by atoms with Crippen molar-refractivity contribution in [1.29, 1.82) is 0 Å². The quantitative estimate of drug-likeness (QED) is 0.143. The third kappa shape index (κ3) is 7.39. The van der Waals surface area contributed by atoms with Crippen LogP contribution < -0.4 is 0 Å². The molecule has 1 aliphatic carbocycles. The van der Waals surface area contributed by atoms with Crippen LogP contribution in [0.1, 0.15) is 25.0 Å². The standard InChI is InChI=1S/C73H51N/c1-73(2)69-46-61(64-19-11-17-58-16-9-10-18-63(58)64)36-40-65(69)66-41-39-62(47-70(66)73)74-71-42-37-59(56-32-28-54(29-33-56)52-24-20-50(21-25-52)48-12-5-3-6-13-48)44-67(71)68-45-60(38-43-72(68)74)57-34-30-55(31-35-57)53-26-22-51(23-27-53)49-14-7-4-8-15-49/h3-47H,1-2H3. The Morgan fingerprint density at radius 1 is 0.243 bits per heavy atom. The average Bonchev–Trinajstić information content (AvgIpc) is 3.92. The van der Waals surface area contributed by atoms with Crippen molar-refractivity contribution in [2.75, 3.05) is 0 Å². The number of hydrogen-bond donors (Lipinski definition) is 0. The van der Waals surface area contributed by atoms with Crippen molar-refractivity contribution in [2.24, 2.45) is 0 Å². The molecule has 0 unspecified atom stereocenters. The molecule has 0 N–H and O–H groups in total. The van der Waals surface area contributed by atoms with Crippen LogP contribution in [0.25, 0.3) is 127 Å². The molecule has 1 aliphatic rings. The van der Waals surface area contributed by atoms with Gasteiger partial charge in [0.25, 0.3) is 0 Å². The average molecular weight is 942 g/mol. The van der Waals surface area contributed by atoms with Crippen LogP contribution in [-0.2, 0) is 5.41 Å². The molecule has 0 atom stereocenters. The van der Waals surface area contributed by atoms with Gasteiger partial charge in [-0.3, -0.25) is 0 Å². The summed E-state index contributed by atoms with van der Waals surface area (Å²) < 4.78 is 2.49. The highest BCUT2D eigenvalue weighted by Crippen LogP contribution is 2.51. The Kier molecular flexibility index (Phi) is 10.3. The Bertz CT molecular complexity index is 4060. The van der Waals surface area contributed by atoms with Crippen molar-refractivity contribution in [1.82, 2.24) is 4.57 Å². The molecule has 74 heavy (non-hydrogen) atoms. The van der Waals surface area contributed by atoms with E-state index in [1.807, 2.05) is 0 Å². The number of hydrogen-bond acceptors (Lipinski definition) is 0. The molecule has 14 rings (SSSR count). The minimum atomic E-state index is -0.202. The van der Waals surface area contributed by atoms with E-state index < -0.39 is 0 Å². The highest BCUT2D eigenvalue weighted by atomic mass is 15.0. The maximum Gasteiger partial charge on any atom is 0.0541 e. The van der Waals surface area contributed by atoms with Crippen LogP contribution in [0.4, 0.5) is 0 Å². The fourth-order valence-corrected chi connectivity index (χ4v) is 11.9. The summed E-state index contributed by atoms with van der Waals surface area (Å²) in [6.45, 7) is 4.80. The molecule has 0 saturated carbocycles. The summed E-state index contributed by atoms with van der Waals surface area (Å²) in [5, 5.41) is 5.02. The highest BCUT2D eigenvalue weighted by Gasteiger charge is 2.36. The van der Waals surface area contributed by atoms with E-state index in [4.69, 9.17) is 0 Å². The number of nitrogens with zero attached hydrogens (tertiary/aromatic N) is 1. The van der Waals surface area contributed by atoms with Crippen molar-refractivity contribution < 1.29 is 0 Å². The van der Waals surface area contributed by atoms with Crippen molar-refractivity contribution in [3.05, 3.63) is 284 Å². The lowest BCUT2D eigenvalue weighted by Crippen LogP contribution is -2.15. The van der Waals surface area contributed by atoms with Crippen molar-refractivity contribution in [3.8, 4) is 94.7 Å². The molecular formula is C73H51N. The summed E-state index contributed by atoms with van der Waals surface area (Å²) in [5.41, 5.74) is 25.8. The number of benzene rings is 12. The van der Waals surface area contributed by atoms with Crippen LogP contribution in [0.2, 0.25) is 0 Å². The van der Waals surface area contributed by atoms with Crippen molar-refractivity contribution >= 4 is 32.6 Å². The Morgan fingerprint density at radius 2 is 0.608 bits per heavy atom. The van der Waals surface area contributed by atoms with E-state index in [2.05, 4.69) is 291 Å². The fraction of sp³-hybridized carbons (Fsp3) is 0.0411. The molecule has 0 fully saturated rings. The van der Waals surface area contributed by atoms with Crippen LogP contribution in [0, 0.1) is 0 Å². The maximum absolute atomic E-state index is 2.49. The molecule has 13 aromatic rings. The van der Waals surface area contributed by atoms with Crippen LogP contribution >= 0.6 is 0 Å². The summed E-state index contributed by atoms with van der Waals surface area (Å²) in [7, 11) is 0. The Hall–Kier alpha value is -9.30. The lowest BCUT2D eigenvalue weighted by Gasteiger charge is -2.23. The van der Waals surface area contributed by atoms with Crippen LogP contribution in [0.3, 0.4) is 0 Å². The molecular weight excluding hydrogens is 891 g/mol. The molecule has 0 spiro atoms. The summed E-state index contributed by atoms with van der Waals surface area (Å²) in [6, 6.07) is 101. The predicted molar refractivity (Wildman–Crippen MR) is 314 cm³/mol. The van der Waals surface area contributed by atoms with Gasteiger partial charge in [0.2, 0.25) is 0 Å². The van der Waals surface area contributed by atoms with Gasteiger partial charge >= 0.3 is 0 Å². The van der Waals surface area contributed by atoms with Gasteiger partial charge in [-0.15, -0.1) is 0 Å². The van der Waals surface area contributed by atoms with E-state index in [0.29, 0.717) is 0 Å². The van der Waals surface area contributed by atoms with Gasteiger partial charge in [0.1, 0.15) is 0 Å². The largest absolute Gasteiger partial charge is 0.309 e. The monoisotopic (exact) mass is 941 g/mol. The maximum atomic E-state index is 2.49. The van der Waals surface area contributed by atoms with Crippen LogP contribution in [0.15, 0.2) is 273 Å². The second kappa shape index (κ2) is 17.5. The van der Waals surface area contributed by atoms with Gasteiger partial charge < -0.3 is 4.57 Å². The first-order valence-corrected chi connectivity index (χ1v) is 25.8. The third-order valence-corrected chi connectivity index (χ3v) is 15.9. The zero-order chi connectivity index (χ0) is 49.3. The summed E-state index contributed by atoms with van der Waals surface area (Å²) in [6.07, 6.45) is 0. The van der Waals surface area contributed by atoms with Gasteiger partial charge in [-0.25, -0.2) is 0 Å². The zero-order valence-corrected chi connectivity index (χ0v) is 41.4. The first kappa shape index (κ1) is 43.5. The van der Waals surface area contributed by atoms with E-state index in [-0.39, 0.29) is 5.41 Å². The second-order valence-corrected chi connectivity index (χ2v) is 20.5. The van der Waals surface area contributed by atoms with E-state index in [1.165, 1.54) is 138 Å². The number of aromatic nitrogens is 1. The Morgan fingerprint density at radius 3 is 1.09 bits per heavy atom. The fourth-order valence-electron chi connectivity index (χ4n) is 11.9. The molecule has 0 aliphatic heterocycles. The summed E-state index contributed by atoms with van der Waals surface area (Å²) in [5.74, 6) is 0. The topological polar surface area (TPSA) is 4.93 Å². The lowest BCUT2D eigenvalue weighted by molar-refractivity contribution is 0.660. The summed E-state index contributed by atoms with van der Waals surface area (Å²) >= 11 is 0. The normalized spacial score (nSPS) is 12.6. The third-order valence-electron chi connectivity index (χ3n) is 15.9. The van der Waals surface area contributed by atoms with E-state index in [0.717, 1.165) is 0 Å². The molecule has 1 heteroatoms. The first-order valence-electron chi connectivity index (χ1n) is 25.8. The molecule has 0 bridgehead atoms. The molecule has 0 radical (unpaired) electrons. The molecule has 1 heterocycles. The van der Waals surface area contributed by atoms with Gasteiger partial charge in [0.15, 0.2) is 0 Å². The molecule has 0 saturated heterocycles. The SMILES string of the molecule is CC1(C)c2cc(-c3cccc4ccccc34)ccc2-c2ccc(-n3c4ccc(-c5ccc(-c6ccc(-c7ccccc7)cc6)cc5)cc4c4cc(-c5ccc(-c6ccc(-c7ccccc7)cc6)cc5)ccc43)cc21. The van der Waals surface area contributed by atoms with Gasteiger partial charge in [0.05, 0.1) is 11.0 Å². The predicted octanol–water partition coefficient (Wildman–Crippen LogP) is 19.9. The molecule has 348 valence electrons. The molecule has 1 aromatic heterocycles. The zero-order valence-electron chi connectivity index (χ0n) is 41.4. The second-order valence-electron chi connectivity index (χ2n) is 20.5.